The molecule has 0 spiro atoms. The second-order valence-corrected chi connectivity index (χ2v) is 5.98. The first-order valence-corrected chi connectivity index (χ1v) is 7.51. The van der Waals surface area contributed by atoms with Crippen molar-refractivity contribution >= 4 is 23.5 Å². The molecule has 19 heavy (non-hydrogen) atoms. The van der Waals surface area contributed by atoms with Crippen molar-refractivity contribution in [2.45, 2.75) is 45.1 Å². The number of hydrogen-bond donors (Lipinski definition) is 1. The largest absolute Gasteiger partial charge is 0.352 e. The zero-order valence-electron chi connectivity index (χ0n) is 11.3. The van der Waals surface area contributed by atoms with Crippen LogP contribution >= 0.6 is 11.6 Å². The molecule has 1 aromatic rings. The SMILES string of the molecule is CC(CC1CC1)Nc1nc(Cl)nc(N2CCCC2)n1. The first kappa shape index (κ1) is 12.9. The van der Waals surface area contributed by atoms with Crippen LogP contribution in [0.15, 0.2) is 0 Å². The Bertz CT molecular complexity index is 443. The van der Waals surface area contributed by atoms with Crippen LogP contribution in [-0.4, -0.2) is 34.1 Å². The Labute approximate surface area is 118 Å². The highest BCUT2D eigenvalue weighted by Gasteiger charge is 2.24. The van der Waals surface area contributed by atoms with Crippen LogP contribution in [0.3, 0.4) is 0 Å². The lowest BCUT2D eigenvalue weighted by molar-refractivity contribution is 0.636. The monoisotopic (exact) mass is 281 g/mol. The van der Waals surface area contributed by atoms with Crippen molar-refractivity contribution in [3.8, 4) is 0 Å². The lowest BCUT2D eigenvalue weighted by atomic mass is 10.2. The molecule has 3 rings (SSSR count). The standard InChI is InChI=1S/C13H20ClN5/c1-9(8-10-4-5-10)15-12-16-11(14)17-13(18-12)19-6-2-3-7-19/h9-10H,2-8H2,1H3,(H,15,16,17,18). The van der Waals surface area contributed by atoms with Crippen LogP contribution in [0.5, 0.6) is 0 Å². The molecule has 5 nitrogen and oxygen atoms in total. The fourth-order valence-electron chi connectivity index (χ4n) is 2.60. The van der Waals surface area contributed by atoms with Crippen molar-refractivity contribution in [2.75, 3.05) is 23.3 Å². The minimum Gasteiger partial charge on any atom is -0.352 e. The Morgan fingerprint density at radius 2 is 2.00 bits per heavy atom. The van der Waals surface area contributed by atoms with Gasteiger partial charge in [0, 0.05) is 19.1 Å². The van der Waals surface area contributed by atoms with E-state index in [0.29, 0.717) is 17.9 Å². The van der Waals surface area contributed by atoms with E-state index in [1.165, 1.54) is 32.1 Å². The second kappa shape index (κ2) is 5.49. The topological polar surface area (TPSA) is 53.9 Å². The first-order valence-electron chi connectivity index (χ1n) is 7.14. The van der Waals surface area contributed by atoms with Crippen LogP contribution in [0, 0.1) is 5.92 Å². The molecule has 0 bridgehead atoms. The van der Waals surface area contributed by atoms with Gasteiger partial charge < -0.3 is 10.2 Å². The Morgan fingerprint density at radius 1 is 1.26 bits per heavy atom. The van der Waals surface area contributed by atoms with Gasteiger partial charge in [-0.15, -0.1) is 0 Å². The van der Waals surface area contributed by atoms with Gasteiger partial charge in [-0.1, -0.05) is 12.8 Å². The third-order valence-corrected chi connectivity index (χ3v) is 3.91. The summed E-state index contributed by atoms with van der Waals surface area (Å²) in [5.41, 5.74) is 0. The van der Waals surface area contributed by atoms with E-state index >= 15 is 0 Å². The van der Waals surface area contributed by atoms with Crippen molar-refractivity contribution in [3.05, 3.63) is 5.28 Å². The van der Waals surface area contributed by atoms with E-state index < -0.39 is 0 Å². The summed E-state index contributed by atoms with van der Waals surface area (Å²) >= 11 is 6.00. The number of hydrogen-bond acceptors (Lipinski definition) is 5. The highest BCUT2D eigenvalue weighted by atomic mass is 35.5. The number of nitrogens with one attached hydrogen (secondary N) is 1. The molecule has 1 aliphatic carbocycles. The van der Waals surface area contributed by atoms with E-state index in [1.54, 1.807) is 0 Å². The normalized spacial score (nSPS) is 20.6. The smallest absolute Gasteiger partial charge is 0.231 e. The van der Waals surface area contributed by atoms with Crippen molar-refractivity contribution in [3.63, 3.8) is 0 Å². The van der Waals surface area contributed by atoms with Crippen LogP contribution in [-0.2, 0) is 0 Å². The van der Waals surface area contributed by atoms with Gasteiger partial charge in [-0.05, 0) is 43.7 Å². The van der Waals surface area contributed by atoms with Gasteiger partial charge in [-0.2, -0.15) is 15.0 Å². The zero-order chi connectivity index (χ0) is 13.2. The molecule has 0 aromatic carbocycles. The zero-order valence-corrected chi connectivity index (χ0v) is 12.0. The third-order valence-electron chi connectivity index (χ3n) is 3.74. The van der Waals surface area contributed by atoms with E-state index in [0.717, 1.165) is 19.0 Å². The Hall–Kier alpha value is -1.10. The summed E-state index contributed by atoms with van der Waals surface area (Å²) in [6.45, 7) is 4.19. The van der Waals surface area contributed by atoms with Crippen molar-refractivity contribution in [2.24, 2.45) is 5.92 Å². The summed E-state index contributed by atoms with van der Waals surface area (Å²) in [5.74, 6) is 2.20. The van der Waals surface area contributed by atoms with E-state index in [4.69, 9.17) is 11.6 Å². The van der Waals surface area contributed by atoms with Crippen LogP contribution in [0.25, 0.3) is 0 Å². The maximum absolute atomic E-state index is 6.00. The molecule has 1 saturated heterocycles. The van der Waals surface area contributed by atoms with Gasteiger partial charge in [0.05, 0.1) is 0 Å². The molecule has 104 valence electrons. The molecule has 1 aliphatic heterocycles. The summed E-state index contributed by atoms with van der Waals surface area (Å²) in [6.07, 6.45) is 6.31. The van der Waals surface area contributed by atoms with Crippen molar-refractivity contribution in [1.82, 2.24) is 15.0 Å². The minimum absolute atomic E-state index is 0.276. The third kappa shape index (κ3) is 3.47. The van der Waals surface area contributed by atoms with Gasteiger partial charge in [-0.3, -0.25) is 0 Å². The highest BCUT2D eigenvalue weighted by molar-refractivity contribution is 6.28. The van der Waals surface area contributed by atoms with Crippen LogP contribution in [0.2, 0.25) is 5.28 Å². The maximum atomic E-state index is 6.00. The molecular weight excluding hydrogens is 262 g/mol. The minimum atomic E-state index is 0.276. The summed E-state index contributed by atoms with van der Waals surface area (Å²) in [6, 6.07) is 0.386. The molecule has 6 heteroatoms. The average molecular weight is 282 g/mol. The Balaban J connectivity index is 1.69. The molecule has 1 aromatic heterocycles. The van der Waals surface area contributed by atoms with Crippen LogP contribution < -0.4 is 10.2 Å². The molecule has 0 amide bonds. The summed E-state index contributed by atoms with van der Waals surface area (Å²) < 4.78 is 0. The summed E-state index contributed by atoms with van der Waals surface area (Å²) in [5, 5.41) is 3.62. The Morgan fingerprint density at radius 3 is 2.68 bits per heavy atom. The molecule has 0 radical (unpaired) electrons. The van der Waals surface area contributed by atoms with E-state index in [2.05, 4.69) is 32.1 Å². The lowest BCUT2D eigenvalue weighted by Gasteiger charge is -2.17. The second-order valence-electron chi connectivity index (χ2n) is 5.65. The number of nitrogens with zero attached hydrogens (tertiary/aromatic N) is 4. The summed E-state index contributed by atoms with van der Waals surface area (Å²) in [7, 11) is 0. The van der Waals surface area contributed by atoms with Gasteiger partial charge >= 0.3 is 0 Å². The van der Waals surface area contributed by atoms with Gasteiger partial charge in [0.1, 0.15) is 0 Å². The van der Waals surface area contributed by atoms with Crippen LogP contribution in [0.4, 0.5) is 11.9 Å². The predicted molar refractivity (Wildman–Crippen MR) is 76.7 cm³/mol. The molecule has 1 N–H and O–H groups in total. The summed E-state index contributed by atoms with van der Waals surface area (Å²) in [4.78, 5) is 15.1. The predicted octanol–water partition coefficient (Wildman–Crippen LogP) is 2.73. The fourth-order valence-corrected chi connectivity index (χ4v) is 2.75. The molecule has 2 heterocycles. The molecule has 2 aliphatic rings. The molecule has 2 fully saturated rings. The number of anilines is 2. The molecule has 1 atom stereocenters. The Kier molecular flexibility index (Phi) is 3.73. The van der Waals surface area contributed by atoms with E-state index in [1.807, 2.05) is 0 Å². The number of aromatic nitrogens is 3. The average Bonchev–Trinajstić information content (AvgIpc) is 2.99. The van der Waals surface area contributed by atoms with Gasteiger partial charge in [-0.25, -0.2) is 0 Å². The van der Waals surface area contributed by atoms with E-state index in [-0.39, 0.29) is 5.28 Å². The molecule has 1 saturated carbocycles. The molecular formula is C13H20ClN5. The van der Waals surface area contributed by atoms with Gasteiger partial charge in [0.15, 0.2) is 0 Å². The quantitative estimate of drug-likeness (QED) is 0.899. The first-order chi connectivity index (χ1) is 9.20. The lowest BCUT2D eigenvalue weighted by Crippen LogP contribution is -2.23. The van der Waals surface area contributed by atoms with Gasteiger partial charge in [0.2, 0.25) is 17.2 Å². The van der Waals surface area contributed by atoms with Crippen LogP contribution in [0.1, 0.15) is 39.0 Å². The van der Waals surface area contributed by atoms with Gasteiger partial charge in [0.25, 0.3) is 0 Å². The van der Waals surface area contributed by atoms with Crippen molar-refractivity contribution in [1.29, 1.82) is 0 Å². The fraction of sp³-hybridized carbons (Fsp3) is 0.769. The molecule has 1 unspecified atom stereocenters. The highest BCUT2D eigenvalue weighted by Crippen LogP contribution is 2.34. The van der Waals surface area contributed by atoms with E-state index in [9.17, 15) is 0 Å². The number of halogens is 1. The maximum Gasteiger partial charge on any atom is 0.231 e. The van der Waals surface area contributed by atoms with Crippen molar-refractivity contribution < 1.29 is 0 Å². The number of rotatable bonds is 5.